The van der Waals surface area contributed by atoms with E-state index >= 15 is 0 Å². The minimum absolute atomic E-state index is 0.269. The molecular formula is C14H15NO2. The maximum Gasteiger partial charge on any atom is 0.261 e. The van der Waals surface area contributed by atoms with Crippen LogP contribution >= 0.6 is 0 Å². The fraction of sp³-hybridized carbons (Fsp3) is 0.143. The molecular weight excluding hydrogens is 214 g/mol. The third-order valence-electron chi connectivity index (χ3n) is 2.57. The van der Waals surface area contributed by atoms with E-state index in [4.69, 9.17) is 0 Å². The van der Waals surface area contributed by atoms with Gasteiger partial charge in [-0.2, -0.15) is 0 Å². The summed E-state index contributed by atoms with van der Waals surface area (Å²) in [6.45, 7) is 12.9. The first-order valence-corrected chi connectivity index (χ1v) is 5.16. The molecule has 2 amide bonds. The lowest BCUT2D eigenvalue weighted by atomic mass is 9.89. The normalized spacial score (nSPS) is 17.1. The van der Waals surface area contributed by atoms with Crippen LogP contribution < -0.4 is 0 Å². The Hall–Kier alpha value is -2.16. The lowest BCUT2D eigenvalue weighted by molar-refractivity contribution is -0.138. The van der Waals surface area contributed by atoms with E-state index in [9.17, 15) is 9.59 Å². The summed E-state index contributed by atoms with van der Waals surface area (Å²) in [6.07, 6.45) is 4.90. The van der Waals surface area contributed by atoms with Crippen LogP contribution in [0.5, 0.6) is 0 Å². The van der Waals surface area contributed by atoms with Crippen molar-refractivity contribution in [3.8, 4) is 0 Å². The van der Waals surface area contributed by atoms with Crippen molar-refractivity contribution < 1.29 is 9.59 Å². The summed E-state index contributed by atoms with van der Waals surface area (Å²) in [4.78, 5) is 24.8. The summed E-state index contributed by atoms with van der Waals surface area (Å²) in [6, 6.07) is 0. The van der Waals surface area contributed by atoms with E-state index in [-0.39, 0.29) is 11.5 Å². The molecule has 0 bridgehead atoms. The molecule has 17 heavy (non-hydrogen) atoms. The third kappa shape index (κ3) is 2.04. The summed E-state index contributed by atoms with van der Waals surface area (Å²) < 4.78 is 0. The molecule has 3 nitrogen and oxygen atoms in total. The largest absolute Gasteiger partial charge is 0.277 e. The highest BCUT2D eigenvalue weighted by Gasteiger charge is 2.32. The van der Waals surface area contributed by atoms with Crippen molar-refractivity contribution in [2.24, 2.45) is 0 Å². The van der Waals surface area contributed by atoms with E-state index in [0.717, 1.165) is 4.90 Å². The predicted molar refractivity (Wildman–Crippen MR) is 68.1 cm³/mol. The molecule has 0 radical (unpaired) electrons. The molecule has 0 N–H and O–H groups in total. The molecule has 0 aliphatic carbocycles. The third-order valence-corrected chi connectivity index (χ3v) is 2.57. The fourth-order valence-electron chi connectivity index (χ4n) is 1.64. The van der Waals surface area contributed by atoms with Gasteiger partial charge in [0.2, 0.25) is 0 Å². The summed E-state index contributed by atoms with van der Waals surface area (Å²) >= 11 is 0. The zero-order chi connectivity index (χ0) is 13.2. The molecule has 0 saturated heterocycles. The monoisotopic (exact) mass is 229 g/mol. The van der Waals surface area contributed by atoms with Gasteiger partial charge < -0.3 is 0 Å². The van der Waals surface area contributed by atoms with Gasteiger partial charge in [-0.1, -0.05) is 38.0 Å². The Morgan fingerprint density at radius 3 is 2.35 bits per heavy atom. The van der Waals surface area contributed by atoms with Crippen LogP contribution in [0.2, 0.25) is 0 Å². The molecule has 0 atom stereocenters. The highest BCUT2D eigenvalue weighted by atomic mass is 16.2. The van der Waals surface area contributed by atoms with Crippen LogP contribution in [0.25, 0.3) is 0 Å². The molecule has 1 aliphatic heterocycles. The van der Waals surface area contributed by atoms with Crippen molar-refractivity contribution in [3.05, 3.63) is 60.3 Å². The number of hydrogen-bond donors (Lipinski definition) is 0. The topological polar surface area (TPSA) is 37.4 Å². The van der Waals surface area contributed by atoms with Crippen LogP contribution in [0, 0.1) is 0 Å². The van der Waals surface area contributed by atoms with Crippen LogP contribution in [0.3, 0.4) is 0 Å². The van der Waals surface area contributed by atoms with E-state index in [1.807, 2.05) is 0 Å². The smallest absolute Gasteiger partial charge is 0.261 e. The second kappa shape index (κ2) is 4.78. The van der Waals surface area contributed by atoms with Crippen molar-refractivity contribution in [1.29, 1.82) is 0 Å². The van der Waals surface area contributed by atoms with Crippen molar-refractivity contribution in [2.45, 2.75) is 6.92 Å². The Labute approximate surface area is 101 Å². The van der Waals surface area contributed by atoms with Crippen LogP contribution in [-0.4, -0.2) is 23.8 Å². The van der Waals surface area contributed by atoms with E-state index < -0.39 is 5.91 Å². The average molecular weight is 229 g/mol. The molecule has 1 aliphatic rings. The Kier molecular flexibility index (Phi) is 3.63. The highest BCUT2D eigenvalue weighted by molar-refractivity contribution is 6.18. The van der Waals surface area contributed by atoms with E-state index in [2.05, 4.69) is 19.7 Å². The lowest BCUT2D eigenvalue weighted by Gasteiger charge is -2.26. The van der Waals surface area contributed by atoms with Crippen molar-refractivity contribution >= 4 is 11.8 Å². The van der Waals surface area contributed by atoms with E-state index in [1.54, 1.807) is 19.1 Å². The molecule has 0 saturated carbocycles. The second-order valence-corrected chi connectivity index (χ2v) is 3.67. The van der Waals surface area contributed by atoms with Crippen molar-refractivity contribution in [1.82, 2.24) is 4.90 Å². The molecule has 88 valence electrons. The molecule has 0 aromatic rings. The minimum atomic E-state index is -0.402. The number of rotatable bonds is 3. The maximum absolute atomic E-state index is 12.0. The molecule has 1 heterocycles. The first kappa shape index (κ1) is 12.9. The van der Waals surface area contributed by atoms with Gasteiger partial charge in [0, 0.05) is 23.8 Å². The SMILES string of the molecule is C=CC(=C)C1=C(/C=C\C)C(=O)N(C)C(=O)C1=C. The molecule has 0 fully saturated rings. The average Bonchev–Trinajstić information content (AvgIpc) is 2.33. The Morgan fingerprint density at radius 1 is 1.29 bits per heavy atom. The zero-order valence-electron chi connectivity index (χ0n) is 10.1. The minimum Gasteiger partial charge on any atom is -0.277 e. The van der Waals surface area contributed by atoms with Crippen molar-refractivity contribution in [3.63, 3.8) is 0 Å². The highest BCUT2D eigenvalue weighted by Crippen LogP contribution is 2.29. The molecule has 0 aromatic carbocycles. The van der Waals surface area contributed by atoms with E-state index in [0.29, 0.717) is 16.7 Å². The number of imide groups is 1. The number of amides is 2. The quantitative estimate of drug-likeness (QED) is 0.422. The van der Waals surface area contributed by atoms with Gasteiger partial charge in [0.25, 0.3) is 11.8 Å². The fourth-order valence-corrected chi connectivity index (χ4v) is 1.64. The first-order chi connectivity index (χ1) is 7.95. The maximum atomic E-state index is 12.0. The van der Waals surface area contributed by atoms with Crippen LogP contribution in [0.15, 0.2) is 60.3 Å². The summed E-state index contributed by atoms with van der Waals surface area (Å²) in [5.41, 5.74) is 1.69. The van der Waals surface area contributed by atoms with Gasteiger partial charge >= 0.3 is 0 Å². The van der Waals surface area contributed by atoms with E-state index in [1.165, 1.54) is 13.1 Å². The molecule has 3 heteroatoms. The molecule has 0 unspecified atom stereocenters. The van der Waals surface area contributed by atoms with Gasteiger partial charge in [-0.3, -0.25) is 14.5 Å². The zero-order valence-corrected chi connectivity index (χ0v) is 10.1. The van der Waals surface area contributed by atoms with Crippen LogP contribution in [0.4, 0.5) is 0 Å². The number of allylic oxidation sites excluding steroid dienone is 3. The number of likely N-dealkylation sites (N-methyl/N-ethyl adjacent to an activating group) is 1. The second-order valence-electron chi connectivity index (χ2n) is 3.67. The van der Waals surface area contributed by atoms with Crippen LogP contribution in [0.1, 0.15) is 6.92 Å². The molecule has 1 rings (SSSR count). The summed E-state index contributed by atoms with van der Waals surface area (Å²) in [7, 11) is 1.44. The van der Waals surface area contributed by atoms with Gasteiger partial charge in [-0.05, 0) is 12.5 Å². The Bertz CT molecular complexity index is 492. The van der Waals surface area contributed by atoms with Gasteiger partial charge in [0.15, 0.2) is 0 Å². The molecule has 0 aromatic heterocycles. The number of carbonyl (C=O) groups excluding carboxylic acids is 2. The summed E-state index contributed by atoms with van der Waals surface area (Å²) in [5, 5.41) is 0. The standard InChI is InChI=1S/C14H15NO2/c1-6-8-11-12(9(3)7-2)10(4)13(16)15(5)14(11)17/h6-8H,2-4H2,1,5H3/b8-6-. The number of hydrogen-bond acceptors (Lipinski definition) is 2. The predicted octanol–water partition coefficient (Wildman–Crippen LogP) is 2.16. The number of nitrogens with zero attached hydrogens (tertiary/aromatic N) is 1. The van der Waals surface area contributed by atoms with Crippen LogP contribution in [-0.2, 0) is 9.59 Å². The van der Waals surface area contributed by atoms with Gasteiger partial charge in [0.1, 0.15) is 0 Å². The first-order valence-electron chi connectivity index (χ1n) is 5.16. The van der Waals surface area contributed by atoms with Gasteiger partial charge in [0.05, 0.1) is 0 Å². The summed E-state index contributed by atoms with van der Waals surface area (Å²) in [5.74, 6) is -0.750. The van der Waals surface area contributed by atoms with Gasteiger partial charge in [-0.25, -0.2) is 0 Å². The Balaban J connectivity index is 3.54. The lowest BCUT2D eigenvalue weighted by Crippen LogP contribution is -2.39. The Morgan fingerprint density at radius 2 is 1.88 bits per heavy atom. The number of carbonyl (C=O) groups is 2. The van der Waals surface area contributed by atoms with Crippen molar-refractivity contribution in [2.75, 3.05) is 7.05 Å². The molecule has 0 spiro atoms. The van der Waals surface area contributed by atoms with Gasteiger partial charge in [-0.15, -0.1) is 0 Å².